The average Bonchev–Trinajstić information content (AvgIpc) is 2.35. The van der Waals surface area contributed by atoms with E-state index in [2.05, 4.69) is 9.98 Å². The lowest BCUT2D eigenvalue weighted by atomic mass is 10.4. The highest BCUT2D eigenvalue weighted by atomic mass is 14.9. The van der Waals surface area contributed by atoms with Crippen LogP contribution in [0, 0.1) is 0 Å². The van der Waals surface area contributed by atoms with Crippen LogP contribution < -0.4 is 16.4 Å². The van der Waals surface area contributed by atoms with Crippen molar-refractivity contribution in [3.63, 3.8) is 0 Å². The number of H-pyrrole nitrogens is 1. The molecule has 0 fully saturated rings. The number of nitrogens with two attached hydrogens (primary N) is 1. The zero-order valence-corrected chi connectivity index (χ0v) is 4.89. The summed E-state index contributed by atoms with van der Waals surface area (Å²) in [5.74, 6) is 0. The van der Waals surface area contributed by atoms with Crippen LogP contribution in [0.3, 0.4) is 0 Å². The van der Waals surface area contributed by atoms with Gasteiger partial charge in [0.15, 0.2) is 0 Å². The normalized spacial score (nSPS) is 14.2. The highest BCUT2D eigenvalue weighted by Crippen LogP contribution is 1.86. The van der Waals surface area contributed by atoms with E-state index in [1.807, 2.05) is 6.08 Å². The molecule has 0 aliphatic carbocycles. The topological polar surface area (TPSA) is 54.2 Å². The van der Waals surface area contributed by atoms with Crippen molar-refractivity contribution in [2.24, 2.45) is 4.99 Å². The maximum atomic E-state index is 5.57. The fourth-order valence-corrected chi connectivity index (χ4v) is 1.01. The predicted molar refractivity (Wildman–Crippen MR) is 35.3 cm³/mol. The fraction of sp³-hybridized carbons (Fsp3) is 0.167. The summed E-state index contributed by atoms with van der Waals surface area (Å²) in [6.07, 6.45) is 3.78. The van der Waals surface area contributed by atoms with Gasteiger partial charge in [0, 0.05) is 11.4 Å². The minimum Gasteiger partial charge on any atom is -0.397 e. The van der Waals surface area contributed by atoms with E-state index >= 15 is 0 Å². The molecule has 2 heterocycles. The lowest BCUT2D eigenvalue weighted by Crippen LogP contribution is -2.20. The number of rotatable bonds is 0. The zero-order valence-electron chi connectivity index (χ0n) is 4.89. The smallest absolute Gasteiger partial charge is 0.134 e. The minimum absolute atomic E-state index is 0.770. The van der Waals surface area contributed by atoms with Gasteiger partial charge in [0.05, 0.1) is 12.2 Å². The van der Waals surface area contributed by atoms with Crippen molar-refractivity contribution < 1.29 is 0 Å². The quantitative estimate of drug-likeness (QED) is 0.455. The summed E-state index contributed by atoms with van der Waals surface area (Å²) in [7, 11) is 0. The molecule has 0 saturated heterocycles. The van der Waals surface area contributed by atoms with Crippen LogP contribution in [-0.2, 0) is 0 Å². The summed E-state index contributed by atoms with van der Waals surface area (Å²) >= 11 is 0. The minimum atomic E-state index is 0.770. The van der Waals surface area contributed by atoms with E-state index in [-0.39, 0.29) is 0 Å². The van der Waals surface area contributed by atoms with Crippen molar-refractivity contribution in [1.82, 2.24) is 4.98 Å². The Morgan fingerprint density at radius 3 is 3.33 bits per heavy atom. The molecule has 0 aromatic carbocycles. The summed E-state index contributed by atoms with van der Waals surface area (Å²) < 4.78 is 0. The number of nitrogens with zero attached hydrogens (tertiary/aromatic N) is 1. The van der Waals surface area contributed by atoms with Gasteiger partial charge in [-0.15, -0.1) is 0 Å². The lowest BCUT2D eigenvalue weighted by Gasteiger charge is -1.75. The van der Waals surface area contributed by atoms with E-state index in [4.69, 9.17) is 5.73 Å². The molecule has 46 valence electrons. The van der Waals surface area contributed by atoms with Crippen LogP contribution in [0.15, 0.2) is 11.2 Å². The fourth-order valence-electron chi connectivity index (χ4n) is 1.01. The Kier molecular flexibility index (Phi) is 0.704. The SMILES string of the molecule is Nc1c[nH]c2c1=CCN=2. The van der Waals surface area contributed by atoms with Gasteiger partial charge in [-0.2, -0.15) is 0 Å². The molecular weight excluding hydrogens is 114 g/mol. The molecule has 3 heteroatoms. The number of nitrogen functional groups attached to an aromatic ring is 1. The van der Waals surface area contributed by atoms with Gasteiger partial charge in [0.1, 0.15) is 5.49 Å². The van der Waals surface area contributed by atoms with Crippen LogP contribution in [0.2, 0.25) is 0 Å². The monoisotopic (exact) mass is 121 g/mol. The van der Waals surface area contributed by atoms with Crippen molar-refractivity contribution in [3.05, 3.63) is 16.9 Å². The predicted octanol–water partition coefficient (Wildman–Crippen LogP) is -0.989. The first kappa shape index (κ1) is 4.61. The Morgan fingerprint density at radius 1 is 1.67 bits per heavy atom. The first-order valence-electron chi connectivity index (χ1n) is 2.85. The Bertz CT molecular complexity index is 334. The molecule has 2 rings (SSSR count). The lowest BCUT2D eigenvalue weighted by molar-refractivity contribution is 1.13. The summed E-state index contributed by atoms with van der Waals surface area (Å²) in [5.41, 5.74) is 7.29. The molecule has 0 bridgehead atoms. The van der Waals surface area contributed by atoms with Gasteiger partial charge in [-0.25, -0.2) is 0 Å². The largest absolute Gasteiger partial charge is 0.397 e. The van der Waals surface area contributed by atoms with Crippen LogP contribution in [0.5, 0.6) is 0 Å². The third-order valence-corrected chi connectivity index (χ3v) is 1.48. The molecule has 1 aliphatic heterocycles. The standard InChI is InChI=1S/C6H7N3/c7-5-3-9-6-4(5)1-2-8-6/h1,3H,2,7H2,(H,8,9). The summed E-state index contributed by atoms with van der Waals surface area (Å²) in [4.78, 5) is 7.09. The van der Waals surface area contributed by atoms with Gasteiger partial charge in [-0.05, 0) is 0 Å². The first-order chi connectivity index (χ1) is 4.38. The molecule has 0 spiro atoms. The molecular formula is C6H7N3. The van der Waals surface area contributed by atoms with Gasteiger partial charge < -0.3 is 10.7 Å². The van der Waals surface area contributed by atoms with Gasteiger partial charge in [0.2, 0.25) is 0 Å². The Balaban J connectivity index is 3.01. The van der Waals surface area contributed by atoms with Gasteiger partial charge in [-0.3, -0.25) is 4.99 Å². The second-order valence-corrected chi connectivity index (χ2v) is 2.05. The van der Waals surface area contributed by atoms with Crippen LogP contribution in [0.1, 0.15) is 0 Å². The molecule has 0 atom stereocenters. The molecule has 3 nitrogen and oxygen atoms in total. The summed E-state index contributed by atoms with van der Waals surface area (Å²) in [5, 5.41) is 1.06. The number of hydrogen-bond acceptors (Lipinski definition) is 2. The van der Waals surface area contributed by atoms with Crippen LogP contribution in [0.4, 0.5) is 5.69 Å². The summed E-state index contributed by atoms with van der Waals surface area (Å²) in [6, 6.07) is 0. The number of aromatic amines is 1. The second kappa shape index (κ2) is 1.37. The number of anilines is 1. The number of hydrogen-bond donors (Lipinski definition) is 2. The van der Waals surface area contributed by atoms with E-state index < -0.39 is 0 Å². The van der Waals surface area contributed by atoms with Crippen molar-refractivity contribution in [2.45, 2.75) is 0 Å². The van der Waals surface area contributed by atoms with Crippen molar-refractivity contribution in [1.29, 1.82) is 0 Å². The first-order valence-corrected chi connectivity index (χ1v) is 2.85. The third-order valence-electron chi connectivity index (χ3n) is 1.48. The number of aromatic nitrogens is 1. The van der Waals surface area contributed by atoms with Crippen LogP contribution >= 0.6 is 0 Å². The molecule has 3 N–H and O–H groups in total. The number of fused-ring (bicyclic) bond motifs is 1. The van der Waals surface area contributed by atoms with Crippen molar-refractivity contribution in [2.75, 3.05) is 12.3 Å². The Morgan fingerprint density at radius 2 is 2.56 bits per heavy atom. The van der Waals surface area contributed by atoms with E-state index in [0.29, 0.717) is 0 Å². The Hall–Kier alpha value is -1.25. The molecule has 1 aliphatic rings. The molecule has 0 radical (unpaired) electrons. The second-order valence-electron chi connectivity index (χ2n) is 2.05. The van der Waals surface area contributed by atoms with Crippen LogP contribution in [0.25, 0.3) is 6.08 Å². The molecule has 1 aromatic heterocycles. The summed E-state index contributed by atoms with van der Waals surface area (Å²) in [6.45, 7) is 0.770. The van der Waals surface area contributed by atoms with Crippen molar-refractivity contribution >= 4 is 11.8 Å². The van der Waals surface area contributed by atoms with E-state index in [1.165, 1.54) is 0 Å². The average molecular weight is 121 g/mol. The Labute approximate surface area is 51.9 Å². The maximum absolute atomic E-state index is 5.57. The van der Waals surface area contributed by atoms with E-state index in [1.54, 1.807) is 6.20 Å². The van der Waals surface area contributed by atoms with E-state index in [9.17, 15) is 0 Å². The zero-order chi connectivity index (χ0) is 6.27. The highest BCUT2D eigenvalue weighted by molar-refractivity contribution is 5.45. The van der Waals surface area contributed by atoms with Gasteiger partial charge in [0.25, 0.3) is 0 Å². The molecule has 0 amide bonds. The maximum Gasteiger partial charge on any atom is 0.134 e. The molecule has 0 saturated carbocycles. The molecule has 1 aromatic rings. The highest BCUT2D eigenvalue weighted by Gasteiger charge is 1.97. The van der Waals surface area contributed by atoms with Crippen LogP contribution in [-0.4, -0.2) is 11.5 Å². The van der Waals surface area contributed by atoms with Gasteiger partial charge >= 0.3 is 0 Å². The third kappa shape index (κ3) is 0.483. The van der Waals surface area contributed by atoms with Crippen molar-refractivity contribution in [3.8, 4) is 0 Å². The number of nitrogens with one attached hydrogen (secondary N) is 1. The molecule has 9 heavy (non-hydrogen) atoms. The van der Waals surface area contributed by atoms with Gasteiger partial charge in [-0.1, -0.05) is 6.08 Å². The van der Waals surface area contributed by atoms with E-state index in [0.717, 1.165) is 22.9 Å². The molecule has 0 unspecified atom stereocenters.